The summed E-state index contributed by atoms with van der Waals surface area (Å²) in [7, 11) is 2.10. The molecule has 2 rings (SSSR count). The highest BCUT2D eigenvalue weighted by atomic mass is 32.1. The lowest BCUT2D eigenvalue weighted by Crippen LogP contribution is -2.40. The first kappa shape index (κ1) is 17.5. The molecule has 0 radical (unpaired) electrons. The maximum atomic E-state index is 4.73. The van der Waals surface area contributed by atoms with Gasteiger partial charge >= 0.3 is 0 Å². The molecule has 126 valence electrons. The van der Waals surface area contributed by atoms with E-state index in [1.54, 1.807) is 12.7 Å². The highest BCUT2D eigenvalue weighted by Gasteiger charge is 2.05. The number of likely N-dealkylation sites (N-methyl/N-ethyl adjacent to an activating group) is 1. The Labute approximate surface area is 142 Å². The molecule has 0 bridgehead atoms. The van der Waals surface area contributed by atoms with E-state index in [1.807, 2.05) is 15.9 Å². The monoisotopic (exact) mass is 334 g/mol. The average Bonchev–Trinajstić information content (AvgIpc) is 3.24. The highest BCUT2D eigenvalue weighted by Crippen LogP contribution is 2.09. The van der Waals surface area contributed by atoms with Gasteiger partial charge in [0, 0.05) is 38.1 Å². The number of hydrogen-bond acceptors (Lipinski definition) is 4. The van der Waals surface area contributed by atoms with Gasteiger partial charge in [-0.1, -0.05) is 6.07 Å². The van der Waals surface area contributed by atoms with Crippen LogP contribution in [0, 0.1) is 0 Å². The average molecular weight is 334 g/mol. The van der Waals surface area contributed by atoms with Crippen LogP contribution in [-0.2, 0) is 13.0 Å². The minimum Gasteiger partial charge on any atom is -0.357 e. The van der Waals surface area contributed by atoms with Gasteiger partial charge in [-0.3, -0.25) is 4.99 Å². The zero-order valence-corrected chi connectivity index (χ0v) is 14.8. The van der Waals surface area contributed by atoms with Crippen molar-refractivity contribution in [2.24, 2.45) is 4.99 Å². The number of hydrogen-bond donors (Lipinski definition) is 1. The molecule has 6 nitrogen and oxygen atoms in total. The third-order valence-electron chi connectivity index (χ3n) is 3.52. The Kier molecular flexibility index (Phi) is 7.59. The van der Waals surface area contributed by atoms with Gasteiger partial charge in [-0.25, -0.2) is 0 Å². The van der Waals surface area contributed by atoms with Crippen LogP contribution in [-0.4, -0.2) is 52.3 Å². The molecule has 2 heterocycles. The van der Waals surface area contributed by atoms with Crippen LogP contribution in [0.25, 0.3) is 0 Å². The minimum atomic E-state index is 0.841. The SMILES string of the molecule is CCNC(=NCCCCn1cnnc1)N(C)CCc1cccs1. The van der Waals surface area contributed by atoms with Crippen molar-refractivity contribution in [1.29, 1.82) is 0 Å². The molecule has 0 fully saturated rings. The number of aromatic nitrogens is 3. The standard InChI is InChI=1S/C16H26N6S/c1-3-17-16(21(2)11-8-15-7-6-12-23-15)18-9-4-5-10-22-13-19-20-14-22/h6-7,12-14H,3-5,8-11H2,1-2H3,(H,17,18). The van der Waals surface area contributed by atoms with Crippen molar-refractivity contribution >= 4 is 17.3 Å². The molecule has 0 spiro atoms. The number of aliphatic imine (C=N–C) groups is 1. The van der Waals surface area contributed by atoms with E-state index < -0.39 is 0 Å². The zero-order valence-electron chi connectivity index (χ0n) is 14.0. The van der Waals surface area contributed by atoms with Crippen molar-refractivity contribution in [2.75, 3.05) is 26.7 Å². The molecule has 0 unspecified atom stereocenters. The topological polar surface area (TPSA) is 58.3 Å². The first-order valence-corrected chi connectivity index (χ1v) is 9.01. The minimum absolute atomic E-state index is 0.841. The Morgan fingerprint density at radius 3 is 2.87 bits per heavy atom. The van der Waals surface area contributed by atoms with Crippen molar-refractivity contribution in [3.63, 3.8) is 0 Å². The normalized spacial score (nSPS) is 11.7. The second-order valence-electron chi connectivity index (χ2n) is 5.39. The van der Waals surface area contributed by atoms with Crippen LogP contribution in [0.5, 0.6) is 0 Å². The summed E-state index contributed by atoms with van der Waals surface area (Å²) in [5.41, 5.74) is 0. The number of unbranched alkanes of at least 4 members (excludes halogenated alkanes) is 1. The molecule has 23 heavy (non-hydrogen) atoms. The predicted octanol–water partition coefficient (Wildman–Crippen LogP) is 2.26. The molecule has 0 saturated heterocycles. The maximum absolute atomic E-state index is 4.73. The Hall–Kier alpha value is -1.89. The Bertz CT molecular complexity index is 549. The molecule has 0 saturated carbocycles. The molecule has 1 N–H and O–H groups in total. The van der Waals surface area contributed by atoms with Crippen LogP contribution in [0.15, 0.2) is 35.2 Å². The summed E-state index contributed by atoms with van der Waals surface area (Å²) in [6.45, 7) is 5.77. The molecule has 0 aliphatic rings. The van der Waals surface area contributed by atoms with E-state index in [4.69, 9.17) is 4.99 Å². The summed E-state index contributed by atoms with van der Waals surface area (Å²) < 4.78 is 2.00. The van der Waals surface area contributed by atoms with Crippen LogP contribution in [0.1, 0.15) is 24.6 Å². The smallest absolute Gasteiger partial charge is 0.193 e. The summed E-state index contributed by atoms with van der Waals surface area (Å²) >= 11 is 1.81. The number of thiophene rings is 1. The van der Waals surface area contributed by atoms with Gasteiger partial charge in [0.05, 0.1) is 0 Å². The molecule has 7 heteroatoms. The van der Waals surface area contributed by atoms with Crippen LogP contribution >= 0.6 is 11.3 Å². The molecular formula is C16H26N6S. The van der Waals surface area contributed by atoms with E-state index in [2.05, 4.69) is 51.9 Å². The van der Waals surface area contributed by atoms with E-state index in [-0.39, 0.29) is 0 Å². The van der Waals surface area contributed by atoms with Gasteiger partial charge in [0.25, 0.3) is 0 Å². The fourth-order valence-corrected chi connectivity index (χ4v) is 2.94. The van der Waals surface area contributed by atoms with E-state index in [0.29, 0.717) is 0 Å². The first-order valence-electron chi connectivity index (χ1n) is 8.14. The number of nitrogens with zero attached hydrogens (tertiary/aromatic N) is 5. The molecular weight excluding hydrogens is 308 g/mol. The third kappa shape index (κ3) is 6.40. The van der Waals surface area contributed by atoms with Gasteiger partial charge < -0.3 is 14.8 Å². The van der Waals surface area contributed by atoms with Gasteiger partial charge in [-0.15, -0.1) is 21.5 Å². The largest absolute Gasteiger partial charge is 0.357 e. The van der Waals surface area contributed by atoms with E-state index in [1.165, 1.54) is 4.88 Å². The first-order chi connectivity index (χ1) is 11.3. The van der Waals surface area contributed by atoms with E-state index in [0.717, 1.165) is 51.4 Å². The summed E-state index contributed by atoms with van der Waals surface area (Å²) in [5.74, 6) is 0.994. The van der Waals surface area contributed by atoms with Gasteiger partial charge in [-0.05, 0) is 37.6 Å². The number of aryl methyl sites for hydroxylation is 1. The molecule has 0 aliphatic heterocycles. The summed E-state index contributed by atoms with van der Waals surface area (Å²) in [6, 6.07) is 4.29. The van der Waals surface area contributed by atoms with E-state index >= 15 is 0 Å². The van der Waals surface area contributed by atoms with Gasteiger partial charge in [0.1, 0.15) is 12.7 Å². The highest BCUT2D eigenvalue weighted by molar-refractivity contribution is 7.09. The van der Waals surface area contributed by atoms with Crippen molar-refractivity contribution in [2.45, 2.75) is 32.7 Å². The molecule has 0 amide bonds. The van der Waals surface area contributed by atoms with Crippen LogP contribution in [0.4, 0.5) is 0 Å². The lowest BCUT2D eigenvalue weighted by Gasteiger charge is -2.21. The molecule has 0 aromatic carbocycles. The summed E-state index contributed by atoms with van der Waals surface area (Å²) in [6.07, 6.45) is 6.72. The quantitative estimate of drug-likeness (QED) is 0.434. The molecule has 2 aromatic heterocycles. The van der Waals surface area contributed by atoms with Crippen LogP contribution in [0.3, 0.4) is 0 Å². The Morgan fingerprint density at radius 2 is 2.17 bits per heavy atom. The lowest BCUT2D eigenvalue weighted by molar-refractivity contribution is 0.485. The van der Waals surface area contributed by atoms with Crippen molar-refractivity contribution in [3.8, 4) is 0 Å². The van der Waals surface area contributed by atoms with Gasteiger partial charge in [0.2, 0.25) is 0 Å². The van der Waals surface area contributed by atoms with Crippen molar-refractivity contribution < 1.29 is 0 Å². The van der Waals surface area contributed by atoms with E-state index in [9.17, 15) is 0 Å². The molecule has 0 aliphatic carbocycles. The second-order valence-corrected chi connectivity index (χ2v) is 6.43. The fraction of sp³-hybridized carbons (Fsp3) is 0.562. The van der Waals surface area contributed by atoms with Gasteiger partial charge in [0.15, 0.2) is 5.96 Å². The lowest BCUT2D eigenvalue weighted by atomic mass is 10.3. The number of rotatable bonds is 9. The summed E-state index contributed by atoms with van der Waals surface area (Å²) in [4.78, 5) is 8.36. The zero-order chi connectivity index (χ0) is 16.3. The predicted molar refractivity (Wildman–Crippen MR) is 95.9 cm³/mol. The van der Waals surface area contributed by atoms with Crippen molar-refractivity contribution in [3.05, 3.63) is 35.0 Å². The van der Waals surface area contributed by atoms with Crippen molar-refractivity contribution in [1.82, 2.24) is 25.0 Å². The Morgan fingerprint density at radius 1 is 1.35 bits per heavy atom. The van der Waals surface area contributed by atoms with Crippen LogP contribution in [0.2, 0.25) is 0 Å². The number of guanidine groups is 1. The molecule has 0 atom stereocenters. The van der Waals surface area contributed by atoms with Crippen LogP contribution < -0.4 is 5.32 Å². The maximum Gasteiger partial charge on any atom is 0.193 e. The Balaban J connectivity index is 1.71. The number of nitrogens with one attached hydrogen (secondary N) is 1. The van der Waals surface area contributed by atoms with Gasteiger partial charge in [-0.2, -0.15) is 0 Å². The molecule has 2 aromatic rings. The summed E-state index contributed by atoms with van der Waals surface area (Å²) in [5, 5.41) is 13.1. The second kappa shape index (κ2) is 9.99. The fourth-order valence-electron chi connectivity index (χ4n) is 2.24. The third-order valence-corrected chi connectivity index (χ3v) is 4.46.